The molecule has 1 atom stereocenters. The Bertz CT molecular complexity index is 477. The van der Waals surface area contributed by atoms with Crippen molar-refractivity contribution in [2.45, 2.75) is 25.3 Å². The van der Waals surface area contributed by atoms with Gasteiger partial charge in [-0.2, -0.15) is 0 Å². The van der Waals surface area contributed by atoms with Crippen LogP contribution in [-0.4, -0.2) is 26.5 Å². The molecule has 102 valence electrons. The van der Waals surface area contributed by atoms with E-state index in [0.29, 0.717) is 24.3 Å². The molecule has 0 aromatic heterocycles. The van der Waals surface area contributed by atoms with Gasteiger partial charge in [0.2, 0.25) is 0 Å². The van der Waals surface area contributed by atoms with Gasteiger partial charge in [0.15, 0.2) is 0 Å². The molecule has 0 saturated carbocycles. The van der Waals surface area contributed by atoms with E-state index in [0.717, 1.165) is 5.56 Å². The number of hydrogen-bond acceptors (Lipinski definition) is 4. The first kappa shape index (κ1) is 15.4. The lowest BCUT2D eigenvalue weighted by molar-refractivity contribution is 0.485. The zero-order chi connectivity index (χ0) is 13.6. The molecule has 0 aliphatic carbocycles. The third-order valence-electron chi connectivity index (χ3n) is 2.73. The second-order valence-electron chi connectivity index (χ2n) is 4.43. The summed E-state index contributed by atoms with van der Waals surface area (Å²) in [6.45, 7) is 0. The minimum Gasteiger partial charge on any atom is -0.271 e. The van der Waals surface area contributed by atoms with Crippen LogP contribution in [0.2, 0.25) is 5.02 Å². The van der Waals surface area contributed by atoms with Crippen LogP contribution in [-0.2, 0) is 16.3 Å². The molecule has 1 aromatic rings. The summed E-state index contributed by atoms with van der Waals surface area (Å²) in [7, 11) is -2.90. The van der Waals surface area contributed by atoms with E-state index >= 15 is 0 Å². The average molecular weight is 291 g/mol. The molecule has 3 N–H and O–H groups in total. The smallest absolute Gasteiger partial charge is 0.147 e. The van der Waals surface area contributed by atoms with Crippen LogP contribution in [0.1, 0.15) is 18.4 Å². The Morgan fingerprint density at radius 3 is 2.61 bits per heavy atom. The number of hydrogen-bond donors (Lipinski definition) is 2. The maximum atomic E-state index is 11.0. The van der Waals surface area contributed by atoms with Crippen molar-refractivity contribution < 1.29 is 8.42 Å². The summed E-state index contributed by atoms with van der Waals surface area (Å²) in [4.78, 5) is 0. The summed E-state index contributed by atoms with van der Waals surface area (Å²) < 4.78 is 22.1. The molecular formula is C12H19ClN2O2S. The normalized spacial score (nSPS) is 13.5. The van der Waals surface area contributed by atoms with Crippen molar-refractivity contribution in [2.24, 2.45) is 5.84 Å². The summed E-state index contributed by atoms with van der Waals surface area (Å²) in [5, 5.41) is 0.709. The highest BCUT2D eigenvalue weighted by Gasteiger charge is 2.11. The van der Waals surface area contributed by atoms with Crippen molar-refractivity contribution in [1.82, 2.24) is 5.43 Å². The lowest BCUT2D eigenvalue weighted by Gasteiger charge is -2.16. The molecule has 0 aliphatic rings. The lowest BCUT2D eigenvalue weighted by atomic mass is 10.0. The van der Waals surface area contributed by atoms with Gasteiger partial charge in [0.05, 0.1) is 0 Å². The highest BCUT2D eigenvalue weighted by molar-refractivity contribution is 7.90. The molecule has 0 fully saturated rings. The van der Waals surface area contributed by atoms with Gasteiger partial charge in [-0.15, -0.1) is 0 Å². The second kappa shape index (κ2) is 7.09. The molecule has 0 spiro atoms. The minimum atomic E-state index is -2.90. The van der Waals surface area contributed by atoms with E-state index in [9.17, 15) is 8.42 Å². The Labute approximate surface area is 113 Å². The first-order valence-corrected chi connectivity index (χ1v) is 8.23. The molecule has 6 heteroatoms. The van der Waals surface area contributed by atoms with E-state index in [1.165, 1.54) is 6.26 Å². The number of halogens is 1. The predicted octanol–water partition coefficient (Wildman–Crippen LogP) is 1.54. The monoisotopic (exact) mass is 290 g/mol. The highest BCUT2D eigenvalue weighted by atomic mass is 35.5. The first-order chi connectivity index (χ1) is 8.42. The van der Waals surface area contributed by atoms with Crippen molar-refractivity contribution >= 4 is 21.4 Å². The van der Waals surface area contributed by atoms with E-state index < -0.39 is 9.84 Å². The van der Waals surface area contributed by atoms with E-state index in [4.69, 9.17) is 17.4 Å². The number of rotatable bonds is 7. The van der Waals surface area contributed by atoms with Crippen LogP contribution in [0.25, 0.3) is 0 Å². The Morgan fingerprint density at radius 1 is 1.39 bits per heavy atom. The third-order valence-corrected chi connectivity index (χ3v) is 4.13. The number of hydrazine groups is 1. The topological polar surface area (TPSA) is 72.2 Å². The fraction of sp³-hybridized carbons (Fsp3) is 0.500. The van der Waals surface area contributed by atoms with E-state index in [1.54, 1.807) is 0 Å². The van der Waals surface area contributed by atoms with Crippen LogP contribution in [0.4, 0.5) is 0 Å². The second-order valence-corrected chi connectivity index (χ2v) is 7.10. The summed E-state index contributed by atoms with van der Waals surface area (Å²) in [5.74, 6) is 5.67. The van der Waals surface area contributed by atoms with Gasteiger partial charge >= 0.3 is 0 Å². The quantitative estimate of drug-likeness (QED) is 0.590. The van der Waals surface area contributed by atoms with Crippen LogP contribution >= 0.6 is 11.6 Å². The SMILES string of the molecule is CS(=O)(=O)CCCC(Cc1ccccc1Cl)NN. The molecule has 0 heterocycles. The molecule has 1 aromatic carbocycles. The summed E-state index contributed by atoms with van der Waals surface area (Å²) in [5.41, 5.74) is 3.73. The van der Waals surface area contributed by atoms with E-state index in [-0.39, 0.29) is 11.8 Å². The third kappa shape index (κ3) is 5.82. The standard InChI is InChI=1S/C12H19ClN2O2S/c1-18(16,17)8-4-6-11(15-14)9-10-5-2-3-7-12(10)13/h2-3,5,7,11,15H,4,6,8-9,14H2,1H3. The molecule has 18 heavy (non-hydrogen) atoms. The van der Waals surface area contributed by atoms with Gasteiger partial charge in [-0.25, -0.2) is 8.42 Å². The average Bonchev–Trinajstić information content (AvgIpc) is 2.29. The zero-order valence-corrected chi connectivity index (χ0v) is 12.0. The highest BCUT2D eigenvalue weighted by Crippen LogP contribution is 2.17. The van der Waals surface area contributed by atoms with Crippen molar-refractivity contribution in [3.8, 4) is 0 Å². The van der Waals surface area contributed by atoms with Crippen LogP contribution in [0, 0.1) is 0 Å². The van der Waals surface area contributed by atoms with Crippen LogP contribution in [0.15, 0.2) is 24.3 Å². The number of nitrogens with one attached hydrogen (secondary N) is 1. The maximum Gasteiger partial charge on any atom is 0.147 e. The Balaban J connectivity index is 2.50. The zero-order valence-electron chi connectivity index (χ0n) is 10.4. The van der Waals surface area contributed by atoms with Crippen LogP contribution in [0.5, 0.6) is 0 Å². The van der Waals surface area contributed by atoms with Gasteiger partial charge < -0.3 is 0 Å². The predicted molar refractivity (Wildman–Crippen MR) is 75.2 cm³/mol. The van der Waals surface area contributed by atoms with Gasteiger partial charge in [0.1, 0.15) is 9.84 Å². The molecule has 0 aliphatic heterocycles. The van der Waals surface area contributed by atoms with E-state index in [1.807, 2.05) is 24.3 Å². The van der Waals surface area contributed by atoms with Gasteiger partial charge in [-0.05, 0) is 30.9 Å². The Hall–Kier alpha value is -0.620. The Morgan fingerprint density at radius 2 is 2.06 bits per heavy atom. The maximum absolute atomic E-state index is 11.0. The fourth-order valence-corrected chi connectivity index (χ4v) is 2.67. The molecule has 1 rings (SSSR count). The van der Waals surface area contributed by atoms with Gasteiger partial charge in [-0.1, -0.05) is 29.8 Å². The molecule has 0 amide bonds. The first-order valence-electron chi connectivity index (χ1n) is 5.79. The molecule has 4 nitrogen and oxygen atoms in total. The molecule has 0 bridgehead atoms. The molecule has 0 saturated heterocycles. The largest absolute Gasteiger partial charge is 0.271 e. The summed E-state index contributed by atoms with van der Waals surface area (Å²) >= 11 is 6.07. The molecule has 0 radical (unpaired) electrons. The van der Waals surface area contributed by atoms with Gasteiger partial charge in [-0.3, -0.25) is 11.3 Å². The fourth-order valence-electron chi connectivity index (χ4n) is 1.77. The lowest BCUT2D eigenvalue weighted by Crippen LogP contribution is -2.37. The van der Waals surface area contributed by atoms with Crippen molar-refractivity contribution in [2.75, 3.05) is 12.0 Å². The summed E-state index contributed by atoms with van der Waals surface area (Å²) in [6.07, 6.45) is 3.23. The Kier molecular flexibility index (Phi) is 6.08. The minimum absolute atomic E-state index is 0.0339. The number of nitrogens with two attached hydrogens (primary N) is 1. The number of sulfone groups is 1. The van der Waals surface area contributed by atoms with Crippen molar-refractivity contribution in [3.05, 3.63) is 34.9 Å². The van der Waals surface area contributed by atoms with Crippen molar-refractivity contribution in [1.29, 1.82) is 0 Å². The van der Waals surface area contributed by atoms with E-state index in [2.05, 4.69) is 5.43 Å². The van der Waals surface area contributed by atoms with Gasteiger partial charge in [0.25, 0.3) is 0 Å². The van der Waals surface area contributed by atoms with Crippen LogP contribution in [0.3, 0.4) is 0 Å². The molecular weight excluding hydrogens is 272 g/mol. The van der Waals surface area contributed by atoms with Crippen molar-refractivity contribution in [3.63, 3.8) is 0 Å². The van der Waals surface area contributed by atoms with Gasteiger partial charge in [0, 0.05) is 23.1 Å². The number of benzene rings is 1. The van der Waals surface area contributed by atoms with Crippen LogP contribution < -0.4 is 11.3 Å². The summed E-state index contributed by atoms with van der Waals surface area (Å²) in [6, 6.07) is 7.61. The molecule has 1 unspecified atom stereocenters.